The van der Waals surface area contributed by atoms with Crippen LogP contribution < -0.4 is 5.32 Å². The van der Waals surface area contributed by atoms with E-state index in [0.29, 0.717) is 24.7 Å². The third-order valence-corrected chi connectivity index (χ3v) is 4.58. The number of piperazine rings is 1. The predicted molar refractivity (Wildman–Crippen MR) is 90.0 cm³/mol. The van der Waals surface area contributed by atoms with Crippen LogP contribution in [0.15, 0.2) is 42.5 Å². The lowest BCUT2D eigenvalue weighted by Crippen LogP contribution is -2.56. The Bertz CT molecular complexity index is 534. The van der Waals surface area contributed by atoms with E-state index in [1.54, 1.807) is 0 Å². The topological polar surface area (TPSA) is 44.8 Å². The van der Waals surface area contributed by atoms with Gasteiger partial charge in [-0.2, -0.15) is 0 Å². The number of carbonyl (C=O) groups excluding carboxylic acids is 1. The van der Waals surface area contributed by atoms with E-state index < -0.39 is 0 Å². The lowest BCUT2D eigenvalue weighted by atomic mass is 10.1. The van der Waals surface area contributed by atoms with Crippen LogP contribution in [0.1, 0.15) is 5.56 Å². The van der Waals surface area contributed by atoms with Crippen molar-refractivity contribution >= 4 is 5.91 Å². The van der Waals surface area contributed by atoms with Crippen LogP contribution in [-0.2, 0) is 16.1 Å². The smallest absolute Gasteiger partial charge is 0.248 e. The van der Waals surface area contributed by atoms with Crippen molar-refractivity contribution in [3.05, 3.63) is 48.0 Å². The van der Waals surface area contributed by atoms with E-state index in [0.717, 1.165) is 45.0 Å². The average Bonchev–Trinajstić information content (AvgIpc) is 2.53. The summed E-state index contributed by atoms with van der Waals surface area (Å²) < 4.78 is 5.25. The summed E-state index contributed by atoms with van der Waals surface area (Å²) in [6, 6.07) is 10.5. The number of ether oxygens (including phenoxy) is 1. The molecule has 0 aliphatic carbocycles. The first-order chi connectivity index (χ1) is 11.2. The number of hydrogen-bond donors (Lipinski definition) is 1. The first kappa shape index (κ1) is 16.2. The molecular weight excluding hydrogens is 290 g/mol. The lowest BCUT2D eigenvalue weighted by Gasteiger charge is -2.42. The molecule has 3 rings (SSSR count). The van der Waals surface area contributed by atoms with Gasteiger partial charge in [0.2, 0.25) is 5.91 Å². The molecule has 0 unspecified atom stereocenters. The van der Waals surface area contributed by atoms with Gasteiger partial charge < -0.3 is 10.1 Å². The zero-order valence-corrected chi connectivity index (χ0v) is 13.5. The first-order valence-corrected chi connectivity index (χ1v) is 8.26. The van der Waals surface area contributed by atoms with Crippen LogP contribution in [0.5, 0.6) is 0 Å². The Morgan fingerprint density at radius 1 is 1.17 bits per heavy atom. The largest absolute Gasteiger partial charge is 0.378 e. The molecule has 5 heteroatoms. The second-order valence-corrected chi connectivity index (χ2v) is 6.28. The molecule has 2 aliphatic rings. The standard InChI is InChI=1S/C18H25N3O2/c1-15(18(22)19-11-16-5-3-2-4-6-16)12-20-7-9-21(10-8-20)17-13-23-14-17/h2-6,17H,1,7-14H2,(H,19,22). The molecule has 2 aliphatic heterocycles. The van der Waals surface area contributed by atoms with E-state index in [1.807, 2.05) is 30.3 Å². The highest BCUT2D eigenvalue weighted by atomic mass is 16.5. The fourth-order valence-corrected chi connectivity index (χ4v) is 2.97. The molecule has 1 amide bonds. The van der Waals surface area contributed by atoms with Gasteiger partial charge in [-0.1, -0.05) is 36.9 Å². The van der Waals surface area contributed by atoms with Crippen LogP contribution in [0.2, 0.25) is 0 Å². The molecule has 1 N–H and O–H groups in total. The Balaban J connectivity index is 1.38. The van der Waals surface area contributed by atoms with Crippen molar-refractivity contribution in [2.45, 2.75) is 12.6 Å². The Kier molecular flexibility index (Phi) is 5.43. The van der Waals surface area contributed by atoms with E-state index in [1.165, 1.54) is 0 Å². The fraction of sp³-hybridized carbons (Fsp3) is 0.500. The molecule has 0 saturated carbocycles. The number of nitrogens with zero attached hydrogens (tertiary/aromatic N) is 2. The molecule has 0 radical (unpaired) electrons. The predicted octanol–water partition coefficient (Wildman–Crippen LogP) is 0.875. The van der Waals surface area contributed by atoms with Crippen molar-refractivity contribution in [2.24, 2.45) is 0 Å². The minimum Gasteiger partial charge on any atom is -0.378 e. The van der Waals surface area contributed by atoms with Gasteiger partial charge in [-0.15, -0.1) is 0 Å². The van der Waals surface area contributed by atoms with Crippen LogP contribution in [0, 0.1) is 0 Å². The highest BCUT2D eigenvalue weighted by molar-refractivity contribution is 5.93. The second kappa shape index (κ2) is 7.73. The summed E-state index contributed by atoms with van der Waals surface area (Å²) in [7, 11) is 0. The minimum absolute atomic E-state index is 0.0522. The maximum Gasteiger partial charge on any atom is 0.248 e. The molecule has 124 valence electrons. The van der Waals surface area contributed by atoms with Gasteiger partial charge in [0.15, 0.2) is 0 Å². The molecule has 23 heavy (non-hydrogen) atoms. The van der Waals surface area contributed by atoms with Crippen LogP contribution in [0.25, 0.3) is 0 Å². The first-order valence-electron chi connectivity index (χ1n) is 8.26. The molecule has 2 saturated heterocycles. The molecule has 0 bridgehead atoms. The minimum atomic E-state index is -0.0522. The van der Waals surface area contributed by atoms with Crippen molar-refractivity contribution in [1.82, 2.24) is 15.1 Å². The molecule has 5 nitrogen and oxygen atoms in total. The summed E-state index contributed by atoms with van der Waals surface area (Å²) in [6.45, 7) is 11.0. The third kappa shape index (κ3) is 4.41. The summed E-state index contributed by atoms with van der Waals surface area (Å²) in [6.07, 6.45) is 0. The van der Waals surface area contributed by atoms with E-state index in [2.05, 4.69) is 21.7 Å². The number of amides is 1. The number of rotatable bonds is 6. The summed E-state index contributed by atoms with van der Waals surface area (Å²) in [5.41, 5.74) is 1.74. The van der Waals surface area contributed by atoms with Crippen LogP contribution in [0.4, 0.5) is 0 Å². The number of nitrogens with one attached hydrogen (secondary N) is 1. The quantitative estimate of drug-likeness (QED) is 0.792. The average molecular weight is 315 g/mol. The van der Waals surface area contributed by atoms with Crippen LogP contribution >= 0.6 is 0 Å². The zero-order valence-electron chi connectivity index (χ0n) is 13.5. The highest BCUT2D eigenvalue weighted by Gasteiger charge is 2.29. The van der Waals surface area contributed by atoms with E-state index in [4.69, 9.17) is 4.74 Å². The van der Waals surface area contributed by atoms with Gasteiger partial charge in [-0.05, 0) is 5.56 Å². The van der Waals surface area contributed by atoms with Gasteiger partial charge >= 0.3 is 0 Å². The van der Waals surface area contributed by atoms with Gasteiger partial charge in [0.25, 0.3) is 0 Å². The summed E-state index contributed by atoms with van der Waals surface area (Å²) in [4.78, 5) is 16.9. The lowest BCUT2D eigenvalue weighted by molar-refractivity contribution is -0.118. The zero-order chi connectivity index (χ0) is 16.1. The molecule has 1 aromatic rings. The molecular formula is C18H25N3O2. The molecule has 0 aromatic heterocycles. The Morgan fingerprint density at radius 2 is 1.87 bits per heavy atom. The molecule has 2 fully saturated rings. The monoisotopic (exact) mass is 315 g/mol. The molecule has 0 spiro atoms. The fourth-order valence-electron chi connectivity index (χ4n) is 2.97. The van der Waals surface area contributed by atoms with Crippen LogP contribution in [0.3, 0.4) is 0 Å². The van der Waals surface area contributed by atoms with Crippen molar-refractivity contribution in [3.8, 4) is 0 Å². The van der Waals surface area contributed by atoms with Gasteiger partial charge in [-0.3, -0.25) is 14.6 Å². The van der Waals surface area contributed by atoms with Crippen molar-refractivity contribution in [1.29, 1.82) is 0 Å². The summed E-state index contributed by atoms with van der Waals surface area (Å²) in [5, 5.41) is 2.94. The number of benzene rings is 1. The number of hydrogen-bond acceptors (Lipinski definition) is 4. The van der Waals surface area contributed by atoms with Crippen molar-refractivity contribution < 1.29 is 9.53 Å². The van der Waals surface area contributed by atoms with Gasteiger partial charge in [-0.25, -0.2) is 0 Å². The van der Waals surface area contributed by atoms with Gasteiger partial charge in [0, 0.05) is 44.8 Å². The molecule has 0 atom stereocenters. The van der Waals surface area contributed by atoms with Gasteiger partial charge in [0.1, 0.15) is 0 Å². The Morgan fingerprint density at radius 3 is 2.48 bits per heavy atom. The Hall–Kier alpha value is -1.69. The SMILES string of the molecule is C=C(CN1CCN(C2COC2)CC1)C(=O)NCc1ccccc1. The normalized spacial score (nSPS) is 20.0. The van der Waals surface area contributed by atoms with Gasteiger partial charge in [0.05, 0.1) is 19.3 Å². The number of carbonyl (C=O) groups is 1. The molecule has 2 heterocycles. The maximum absolute atomic E-state index is 12.2. The van der Waals surface area contributed by atoms with Crippen molar-refractivity contribution in [2.75, 3.05) is 45.9 Å². The highest BCUT2D eigenvalue weighted by Crippen LogP contribution is 2.13. The van der Waals surface area contributed by atoms with E-state index in [9.17, 15) is 4.79 Å². The van der Waals surface area contributed by atoms with E-state index in [-0.39, 0.29) is 5.91 Å². The van der Waals surface area contributed by atoms with Crippen molar-refractivity contribution in [3.63, 3.8) is 0 Å². The summed E-state index contributed by atoms with van der Waals surface area (Å²) >= 11 is 0. The second-order valence-electron chi connectivity index (χ2n) is 6.28. The van der Waals surface area contributed by atoms with Crippen LogP contribution in [-0.4, -0.2) is 67.7 Å². The molecule has 1 aromatic carbocycles. The maximum atomic E-state index is 12.2. The summed E-state index contributed by atoms with van der Waals surface area (Å²) in [5.74, 6) is -0.0522. The Labute approximate surface area is 137 Å². The van der Waals surface area contributed by atoms with E-state index >= 15 is 0 Å². The third-order valence-electron chi connectivity index (χ3n) is 4.58.